The van der Waals surface area contributed by atoms with E-state index in [2.05, 4.69) is 19.9 Å². The first-order chi connectivity index (χ1) is 9.87. The van der Waals surface area contributed by atoms with Crippen LogP contribution in [0.3, 0.4) is 0 Å². The molecule has 2 rings (SSSR count). The molecule has 0 saturated carbocycles. The summed E-state index contributed by atoms with van der Waals surface area (Å²) in [7, 11) is -3.76. The molecule has 0 aliphatic rings. The first kappa shape index (κ1) is 15.0. The maximum atomic E-state index is 12.1. The van der Waals surface area contributed by atoms with Crippen molar-refractivity contribution in [3.8, 4) is 0 Å². The number of aryl methyl sites for hydroxylation is 2. The Balaban J connectivity index is 2.11. The van der Waals surface area contributed by atoms with Crippen molar-refractivity contribution in [2.24, 2.45) is 0 Å². The number of nitrogens with zero attached hydrogens (tertiary/aromatic N) is 2. The number of aromatic amines is 1. The summed E-state index contributed by atoms with van der Waals surface area (Å²) in [5.74, 6) is -0.424. The number of carboxylic acid groups (broad SMARTS) is 1. The monoisotopic (exact) mass is 310 g/mol. The molecule has 9 heteroatoms. The van der Waals surface area contributed by atoms with Gasteiger partial charge in [0.25, 0.3) is 16.0 Å². The second-order valence-corrected chi connectivity index (χ2v) is 6.07. The Morgan fingerprint density at radius 2 is 2.00 bits per heavy atom. The van der Waals surface area contributed by atoms with Crippen LogP contribution in [0.4, 0.5) is 5.95 Å². The van der Waals surface area contributed by atoms with Crippen molar-refractivity contribution in [2.45, 2.75) is 24.7 Å². The number of nitrogens with one attached hydrogen (secondary N) is 2. The largest absolute Gasteiger partial charge is 0.481 e. The van der Waals surface area contributed by atoms with Gasteiger partial charge in [0.15, 0.2) is 0 Å². The van der Waals surface area contributed by atoms with E-state index in [0.29, 0.717) is 12.2 Å². The number of anilines is 1. The molecule has 0 bridgehead atoms. The number of hydrogen-bond acceptors (Lipinski definition) is 5. The van der Waals surface area contributed by atoms with Crippen molar-refractivity contribution >= 4 is 21.9 Å². The summed E-state index contributed by atoms with van der Waals surface area (Å²) in [6.07, 6.45) is 0.351. The van der Waals surface area contributed by atoms with Crippen LogP contribution >= 0.6 is 0 Å². The summed E-state index contributed by atoms with van der Waals surface area (Å²) in [5.41, 5.74) is 0.755. The predicted octanol–water partition coefficient (Wildman–Crippen LogP) is 0.931. The highest BCUT2D eigenvalue weighted by atomic mass is 32.2. The van der Waals surface area contributed by atoms with Gasteiger partial charge in [-0.15, -0.1) is 5.10 Å². The van der Waals surface area contributed by atoms with Crippen LogP contribution in [-0.2, 0) is 21.2 Å². The van der Waals surface area contributed by atoms with Gasteiger partial charge in [-0.2, -0.15) is 4.98 Å². The van der Waals surface area contributed by atoms with Crippen LogP contribution in [0.5, 0.6) is 0 Å². The summed E-state index contributed by atoms with van der Waals surface area (Å²) in [5, 5.41) is 14.8. The maximum Gasteiger partial charge on any atom is 0.303 e. The van der Waals surface area contributed by atoms with E-state index in [1.165, 1.54) is 12.1 Å². The highest BCUT2D eigenvalue weighted by Gasteiger charge is 2.16. The molecule has 0 radical (unpaired) electrons. The Morgan fingerprint density at radius 1 is 1.33 bits per heavy atom. The van der Waals surface area contributed by atoms with Crippen LogP contribution in [-0.4, -0.2) is 34.7 Å². The fraction of sp³-hybridized carbons (Fsp3) is 0.250. The predicted molar refractivity (Wildman–Crippen MR) is 74.3 cm³/mol. The lowest BCUT2D eigenvalue weighted by Gasteiger charge is -2.05. The first-order valence-corrected chi connectivity index (χ1v) is 7.58. The fourth-order valence-corrected chi connectivity index (χ4v) is 2.60. The van der Waals surface area contributed by atoms with Gasteiger partial charge in [-0.25, -0.2) is 13.1 Å². The van der Waals surface area contributed by atoms with Gasteiger partial charge in [-0.05, 0) is 31.0 Å². The molecule has 21 heavy (non-hydrogen) atoms. The Bertz CT molecular complexity index is 737. The molecule has 0 spiro atoms. The van der Waals surface area contributed by atoms with Gasteiger partial charge in [0.05, 0.1) is 4.90 Å². The molecule has 0 amide bonds. The molecule has 0 unspecified atom stereocenters. The molecular weight excluding hydrogens is 296 g/mol. The zero-order chi connectivity index (χ0) is 15.5. The van der Waals surface area contributed by atoms with E-state index < -0.39 is 16.0 Å². The Labute approximate surface area is 121 Å². The van der Waals surface area contributed by atoms with Crippen molar-refractivity contribution in [3.05, 3.63) is 35.7 Å². The minimum Gasteiger partial charge on any atom is -0.481 e. The number of carboxylic acids is 1. The van der Waals surface area contributed by atoms with Crippen LogP contribution in [0.1, 0.15) is 17.8 Å². The van der Waals surface area contributed by atoms with E-state index in [0.717, 1.165) is 5.56 Å². The van der Waals surface area contributed by atoms with Crippen LogP contribution in [0.2, 0.25) is 0 Å². The molecule has 1 heterocycles. The lowest BCUT2D eigenvalue weighted by molar-refractivity contribution is -0.136. The van der Waals surface area contributed by atoms with Gasteiger partial charge < -0.3 is 5.11 Å². The number of rotatable bonds is 6. The number of benzene rings is 1. The van der Waals surface area contributed by atoms with Gasteiger partial charge in [-0.3, -0.25) is 9.89 Å². The van der Waals surface area contributed by atoms with Crippen LogP contribution in [0.15, 0.2) is 29.2 Å². The maximum absolute atomic E-state index is 12.1. The summed E-state index contributed by atoms with van der Waals surface area (Å²) in [4.78, 5) is 14.4. The van der Waals surface area contributed by atoms with Crippen molar-refractivity contribution in [1.82, 2.24) is 15.2 Å². The molecule has 1 aromatic heterocycles. The van der Waals surface area contributed by atoms with E-state index in [4.69, 9.17) is 5.11 Å². The average molecular weight is 310 g/mol. The van der Waals surface area contributed by atoms with E-state index in [1.54, 1.807) is 19.1 Å². The lowest BCUT2D eigenvalue weighted by atomic mass is 10.1. The third kappa shape index (κ3) is 4.02. The van der Waals surface area contributed by atoms with Gasteiger partial charge in [0.2, 0.25) is 0 Å². The standard InChI is InChI=1S/C12H14N4O4S/c1-8-13-12(15-14-8)16-21(19,20)10-5-2-9(3-6-10)4-7-11(17)18/h2-3,5-6H,4,7H2,1H3,(H,17,18)(H2,13,14,15,16). The summed E-state index contributed by atoms with van der Waals surface area (Å²) < 4.78 is 26.4. The highest BCUT2D eigenvalue weighted by molar-refractivity contribution is 7.92. The molecule has 2 aromatic rings. The summed E-state index contributed by atoms with van der Waals surface area (Å²) in [6, 6.07) is 6.00. The smallest absolute Gasteiger partial charge is 0.303 e. The van der Waals surface area contributed by atoms with E-state index in [-0.39, 0.29) is 17.3 Å². The number of sulfonamides is 1. The Morgan fingerprint density at radius 3 is 2.52 bits per heavy atom. The quantitative estimate of drug-likeness (QED) is 0.729. The van der Waals surface area contributed by atoms with Gasteiger partial charge in [-0.1, -0.05) is 12.1 Å². The van der Waals surface area contributed by atoms with Crippen molar-refractivity contribution in [2.75, 3.05) is 4.72 Å². The molecule has 0 atom stereocenters. The van der Waals surface area contributed by atoms with Crippen LogP contribution < -0.4 is 4.72 Å². The van der Waals surface area contributed by atoms with E-state index in [9.17, 15) is 13.2 Å². The number of hydrogen-bond donors (Lipinski definition) is 3. The van der Waals surface area contributed by atoms with Gasteiger partial charge in [0, 0.05) is 6.42 Å². The summed E-state index contributed by atoms with van der Waals surface area (Å²) >= 11 is 0. The molecule has 1 aromatic carbocycles. The van der Waals surface area contributed by atoms with E-state index in [1.807, 2.05) is 0 Å². The second kappa shape index (κ2) is 5.92. The topological polar surface area (TPSA) is 125 Å². The Hall–Kier alpha value is -2.42. The molecule has 0 aliphatic heterocycles. The third-order valence-electron chi connectivity index (χ3n) is 2.68. The number of carbonyl (C=O) groups is 1. The highest BCUT2D eigenvalue weighted by Crippen LogP contribution is 2.14. The normalized spacial score (nSPS) is 11.3. The number of H-pyrrole nitrogens is 1. The van der Waals surface area contributed by atoms with Gasteiger partial charge in [0.1, 0.15) is 5.82 Å². The second-order valence-electron chi connectivity index (χ2n) is 4.39. The van der Waals surface area contributed by atoms with E-state index >= 15 is 0 Å². The Kier molecular flexibility index (Phi) is 4.22. The van der Waals surface area contributed by atoms with Crippen molar-refractivity contribution < 1.29 is 18.3 Å². The molecule has 112 valence electrons. The minimum absolute atomic E-state index is 0.000807. The zero-order valence-corrected chi connectivity index (χ0v) is 12.0. The first-order valence-electron chi connectivity index (χ1n) is 6.09. The molecular formula is C12H14N4O4S. The lowest BCUT2D eigenvalue weighted by Crippen LogP contribution is -2.14. The van der Waals surface area contributed by atoms with Crippen LogP contribution in [0.25, 0.3) is 0 Å². The van der Waals surface area contributed by atoms with Gasteiger partial charge >= 0.3 is 5.97 Å². The fourth-order valence-electron chi connectivity index (χ4n) is 1.65. The van der Waals surface area contributed by atoms with Crippen LogP contribution in [0, 0.1) is 6.92 Å². The zero-order valence-electron chi connectivity index (χ0n) is 11.2. The molecule has 3 N–H and O–H groups in total. The minimum atomic E-state index is -3.76. The SMILES string of the molecule is Cc1nc(NS(=O)(=O)c2ccc(CCC(=O)O)cc2)n[nH]1. The number of aliphatic carboxylic acids is 1. The van der Waals surface area contributed by atoms with Crippen molar-refractivity contribution in [3.63, 3.8) is 0 Å². The average Bonchev–Trinajstić information content (AvgIpc) is 2.81. The summed E-state index contributed by atoms with van der Waals surface area (Å²) in [6.45, 7) is 1.65. The molecule has 8 nitrogen and oxygen atoms in total. The molecule has 0 aliphatic carbocycles. The van der Waals surface area contributed by atoms with Crippen molar-refractivity contribution in [1.29, 1.82) is 0 Å². The molecule has 0 saturated heterocycles. The number of aromatic nitrogens is 3. The molecule has 0 fully saturated rings. The third-order valence-corrected chi connectivity index (χ3v) is 4.03.